The Bertz CT molecular complexity index is 540. The molecule has 0 radical (unpaired) electrons. The zero-order valence-corrected chi connectivity index (χ0v) is 18.9. The first-order valence-electron chi connectivity index (χ1n) is 7.80. The molecule has 0 heterocycles. The van der Waals surface area contributed by atoms with Crippen molar-refractivity contribution in [2.45, 2.75) is 52.4 Å². The molecule has 1 nitrogen and oxygen atoms in total. The maximum absolute atomic E-state index is 4.22. The van der Waals surface area contributed by atoms with E-state index in [9.17, 15) is 0 Å². The van der Waals surface area contributed by atoms with Gasteiger partial charge in [0.15, 0.2) is 0 Å². The first-order valence-corrected chi connectivity index (χ1v) is 28.0. The van der Waals surface area contributed by atoms with Crippen molar-refractivity contribution in [1.29, 1.82) is 0 Å². The molecule has 2 rings (SSSR count). The Balaban J connectivity index is 2.54. The molecule has 1 aliphatic carbocycles. The molecule has 1 atom stereocenters. The van der Waals surface area contributed by atoms with Gasteiger partial charge in [0.1, 0.15) is 0 Å². The van der Waals surface area contributed by atoms with Crippen molar-refractivity contribution in [3.8, 4) is 0 Å². The Morgan fingerprint density at radius 2 is 1.70 bits per heavy atom. The minimum atomic E-state index is -3.14. The van der Waals surface area contributed by atoms with Crippen LogP contribution in [-0.2, 0) is 18.0 Å². The van der Waals surface area contributed by atoms with Gasteiger partial charge < -0.3 is 0 Å². The normalized spacial score (nSPS) is 20.8. The van der Waals surface area contributed by atoms with E-state index < -0.39 is 23.9 Å². The van der Waals surface area contributed by atoms with E-state index in [4.69, 9.17) is 0 Å². The third-order valence-corrected chi connectivity index (χ3v) is 65.5. The topological polar surface area (TPSA) is 12.0 Å². The summed E-state index contributed by atoms with van der Waals surface area (Å²) >= 11 is -3.14. The summed E-state index contributed by atoms with van der Waals surface area (Å²) in [5, 5.41) is 0. The van der Waals surface area contributed by atoms with Gasteiger partial charge >= 0.3 is 127 Å². The molecule has 1 aromatic rings. The van der Waals surface area contributed by atoms with Gasteiger partial charge in [-0.3, -0.25) is 0 Å². The van der Waals surface area contributed by atoms with Crippen LogP contribution in [0.15, 0.2) is 30.3 Å². The van der Waals surface area contributed by atoms with Crippen molar-refractivity contribution in [2.75, 3.05) is 0 Å². The molecule has 0 aromatic heterocycles. The summed E-state index contributed by atoms with van der Waals surface area (Å²) in [5.74, 6) is -0.770. The quantitative estimate of drug-likeness (QED) is 0.645. The Hall–Kier alpha value is 0.00701. The van der Waals surface area contributed by atoms with Gasteiger partial charge in [0, 0.05) is 0 Å². The van der Waals surface area contributed by atoms with Crippen molar-refractivity contribution in [3.05, 3.63) is 41.5 Å². The SMILES string of the molecule is C[SiH](C)[Hf]([CH3])([CH3])([NH]C(C)(C)C)[CH]1C=Cc2ccccc21. The Kier molecular flexibility index (Phi) is 4.12. The van der Waals surface area contributed by atoms with E-state index in [1.807, 2.05) is 0 Å². The molecule has 1 N–H and O–H groups in total. The molecule has 0 saturated heterocycles. The van der Waals surface area contributed by atoms with Crippen LogP contribution in [-0.4, -0.2) is 11.5 Å². The summed E-state index contributed by atoms with van der Waals surface area (Å²) in [6.45, 7) is 12.1. The first-order chi connectivity index (χ1) is 9.03. The first kappa shape index (κ1) is 16.4. The van der Waals surface area contributed by atoms with Crippen LogP contribution in [0.4, 0.5) is 0 Å². The van der Waals surface area contributed by atoms with Gasteiger partial charge in [-0.2, -0.15) is 0 Å². The van der Waals surface area contributed by atoms with E-state index in [1.165, 1.54) is 5.56 Å². The van der Waals surface area contributed by atoms with Crippen LogP contribution >= 0.6 is 0 Å². The fourth-order valence-electron chi connectivity index (χ4n) is 3.79. The fraction of sp³-hybridized carbons (Fsp3) is 0.529. The molecule has 0 saturated carbocycles. The standard InChI is InChI=1S/C9H7.C4H10N.C2H7Si.2CH3.Hf/c1-2-5-9-7-3-6-8(9)4-1;1-4(2,3)5;1-3-2;;;/h1-7H;5H,1-3H3;3H,1-2H3;2*1H3;/q;-1;;;;+1. The molecule has 0 spiro atoms. The molecule has 1 aromatic carbocycles. The Morgan fingerprint density at radius 3 is 2.25 bits per heavy atom. The third kappa shape index (κ3) is 2.82. The van der Waals surface area contributed by atoms with E-state index in [2.05, 4.69) is 82.9 Å². The Morgan fingerprint density at radius 1 is 1.10 bits per heavy atom. The summed E-state index contributed by atoms with van der Waals surface area (Å²) in [6, 6.07) is 8.98. The van der Waals surface area contributed by atoms with Crippen LogP contribution in [0.2, 0.25) is 22.5 Å². The second-order valence-electron chi connectivity index (χ2n) is 8.61. The van der Waals surface area contributed by atoms with Crippen molar-refractivity contribution < 1.29 is 18.0 Å². The average Bonchev–Trinajstić information content (AvgIpc) is 2.70. The van der Waals surface area contributed by atoms with Gasteiger partial charge in [0.25, 0.3) is 0 Å². The van der Waals surface area contributed by atoms with Gasteiger partial charge in [0.05, 0.1) is 0 Å². The molecule has 0 amide bonds. The van der Waals surface area contributed by atoms with Crippen LogP contribution in [0.3, 0.4) is 0 Å². The number of nitrogens with one attached hydrogen (secondary N) is 1. The van der Waals surface area contributed by atoms with Crippen LogP contribution < -0.4 is 3.30 Å². The molecule has 1 unspecified atom stereocenters. The number of hydrogen-bond acceptors (Lipinski definition) is 1. The van der Waals surface area contributed by atoms with Gasteiger partial charge in [-0.15, -0.1) is 0 Å². The average molecular weight is 455 g/mol. The zero-order chi connectivity index (χ0) is 15.2. The summed E-state index contributed by atoms with van der Waals surface area (Å²) < 4.78 is 10.2. The molecule has 0 fully saturated rings. The summed E-state index contributed by atoms with van der Waals surface area (Å²) in [7, 11) is 0. The van der Waals surface area contributed by atoms with Crippen LogP contribution in [0.5, 0.6) is 0 Å². The summed E-state index contributed by atoms with van der Waals surface area (Å²) in [6.07, 6.45) is 4.86. The predicted molar refractivity (Wildman–Crippen MR) is 91.7 cm³/mol. The molecular formula is C17H30HfNSi. The summed E-state index contributed by atoms with van der Waals surface area (Å²) in [5.41, 5.74) is 3.22. The van der Waals surface area contributed by atoms with Crippen molar-refractivity contribution in [3.63, 3.8) is 0 Å². The third-order valence-electron chi connectivity index (χ3n) is 5.30. The predicted octanol–water partition coefficient (Wildman–Crippen LogP) is 4.83. The van der Waals surface area contributed by atoms with Gasteiger partial charge in [0.2, 0.25) is 0 Å². The second kappa shape index (κ2) is 5.03. The molecule has 1 aliphatic rings. The fourth-order valence-corrected chi connectivity index (χ4v) is 37.5. The number of hydrogen-bond donors (Lipinski definition) is 1. The van der Waals surface area contributed by atoms with Crippen LogP contribution in [0.25, 0.3) is 6.08 Å². The zero-order valence-electron chi connectivity index (χ0n) is 14.1. The summed E-state index contributed by atoms with van der Waals surface area (Å²) in [4.78, 5) is 0. The van der Waals surface area contributed by atoms with E-state index in [0.717, 1.165) is 0 Å². The van der Waals surface area contributed by atoms with Crippen molar-refractivity contribution in [1.82, 2.24) is 3.30 Å². The maximum atomic E-state index is 4.22. The van der Waals surface area contributed by atoms with Crippen molar-refractivity contribution >= 4 is 12.1 Å². The number of allylic oxidation sites excluding steroid dienone is 1. The van der Waals surface area contributed by atoms with Crippen LogP contribution in [0.1, 0.15) is 35.6 Å². The minimum absolute atomic E-state index is 0.210. The number of benzene rings is 1. The molecule has 20 heavy (non-hydrogen) atoms. The molecular weight excluding hydrogens is 425 g/mol. The number of rotatable bonds is 3. The molecule has 111 valence electrons. The number of fused-ring (bicyclic) bond motifs is 1. The van der Waals surface area contributed by atoms with E-state index in [0.29, 0.717) is 3.67 Å². The van der Waals surface area contributed by atoms with Gasteiger partial charge in [-0.05, 0) is 0 Å². The van der Waals surface area contributed by atoms with Crippen molar-refractivity contribution in [2.24, 2.45) is 0 Å². The van der Waals surface area contributed by atoms with Crippen LogP contribution in [0, 0.1) is 0 Å². The van der Waals surface area contributed by atoms with E-state index >= 15 is 0 Å². The van der Waals surface area contributed by atoms with E-state index in [-0.39, 0.29) is 5.54 Å². The molecule has 0 bridgehead atoms. The van der Waals surface area contributed by atoms with Gasteiger partial charge in [-0.25, -0.2) is 0 Å². The molecule has 0 aliphatic heterocycles. The van der Waals surface area contributed by atoms with Gasteiger partial charge in [-0.1, -0.05) is 0 Å². The second-order valence-corrected chi connectivity index (χ2v) is 59.8. The Labute approximate surface area is 127 Å². The molecule has 3 heteroatoms. The monoisotopic (exact) mass is 456 g/mol. The van der Waals surface area contributed by atoms with E-state index in [1.54, 1.807) is 5.56 Å².